The first-order valence-corrected chi connectivity index (χ1v) is 7.97. The highest BCUT2D eigenvalue weighted by Crippen LogP contribution is 2.33. The van der Waals surface area contributed by atoms with Gasteiger partial charge in [-0.3, -0.25) is 0 Å². The van der Waals surface area contributed by atoms with Crippen LogP contribution in [0.2, 0.25) is 0 Å². The Hall–Kier alpha value is -1.02. The van der Waals surface area contributed by atoms with E-state index in [4.69, 9.17) is 10.5 Å². The summed E-state index contributed by atoms with van der Waals surface area (Å²) in [6.07, 6.45) is 2.12. The fourth-order valence-electron chi connectivity index (χ4n) is 2.49. The van der Waals surface area contributed by atoms with E-state index < -0.39 is 0 Å². The lowest BCUT2D eigenvalue weighted by Crippen LogP contribution is -2.12. The molecule has 0 heterocycles. The summed E-state index contributed by atoms with van der Waals surface area (Å²) in [4.78, 5) is 0. The minimum atomic E-state index is 0.485. The molecule has 114 valence electrons. The predicted molar refractivity (Wildman–Crippen MR) is 87.6 cm³/mol. The fraction of sp³-hybridized carbons (Fsp3) is 0.667. The third-order valence-electron chi connectivity index (χ3n) is 4.12. The zero-order valence-electron chi connectivity index (χ0n) is 13.8. The molecule has 2 N–H and O–H groups in total. The van der Waals surface area contributed by atoms with E-state index in [-0.39, 0.29) is 0 Å². The van der Waals surface area contributed by atoms with E-state index in [2.05, 4.69) is 52.8 Å². The molecule has 0 spiro atoms. The van der Waals surface area contributed by atoms with Crippen molar-refractivity contribution in [3.8, 4) is 5.75 Å². The number of rotatable bonds is 8. The molecule has 2 atom stereocenters. The van der Waals surface area contributed by atoms with Gasteiger partial charge < -0.3 is 10.5 Å². The molecule has 2 unspecified atom stereocenters. The summed E-state index contributed by atoms with van der Waals surface area (Å²) in [5.74, 6) is 2.68. The van der Waals surface area contributed by atoms with Crippen molar-refractivity contribution < 1.29 is 4.74 Å². The summed E-state index contributed by atoms with van der Waals surface area (Å²) >= 11 is 0. The van der Waals surface area contributed by atoms with Gasteiger partial charge in [0.05, 0.1) is 6.61 Å². The molecule has 1 rings (SSSR count). The van der Waals surface area contributed by atoms with Crippen LogP contribution in [-0.2, 0) is 0 Å². The summed E-state index contributed by atoms with van der Waals surface area (Å²) in [6.45, 7) is 12.7. The quantitative estimate of drug-likeness (QED) is 0.748. The third kappa shape index (κ3) is 4.52. The van der Waals surface area contributed by atoms with Crippen LogP contribution < -0.4 is 10.5 Å². The molecule has 1 aromatic rings. The van der Waals surface area contributed by atoms with Crippen LogP contribution in [0, 0.1) is 5.92 Å². The summed E-state index contributed by atoms with van der Waals surface area (Å²) in [5.41, 5.74) is 8.41. The van der Waals surface area contributed by atoms with Gasteiger partial charge in [-0.15, -0.1) is 0 Å². The Balaban J connectivity index is 2.97. The van der Waals surface area contributed by atoms with Crippen molar-refractivity contribution in [1.82, 2.24) is 0 Å². The summed E-state index contributed by atoms with van der Waals surface area (Å²) in [7, 11) is 0. The van der Waals surface area contributed by atoms with Gasteiger partial charge in [-0.05, 0) is 54.3 Å². The molecule has 0 aromatic heterocycles. The predicted octanol–water partition coefficient (Wildman–Crippen LogP) is 4.69. The van der Waals surface area contributed by atoms with Gasteiger partial charge in [-0.25, -0.2) is 0 Å². The zero-order chi connectivity index (χ0) is 15.1. The molecule has 1 aromatic carbocycles. The van der Waals surface area contributed by atoms with E-state index >= 15 is 0 Å². The molecule has 2 nitrogen and oxygen atoms in total. The Morgan fingerprint density at radius 1 is 1.15 bits per heavy atom. The van der Waals surface area contributed by atoms with Gasteiger partial charge in [0.2, 0.25) is 0 Å². The molecule has 0 saturated heterocycles. The van der Waals surface area contributed by atoms with E-state index in [9.17, 15) is 0 Å². The van der Waals surface area contributed by atoms with E-state index in [1.807, 2.05) is 0 Å². The molecular weight excluding hydrogens is 246 g/mol. The molecule has 0 saturated carbocycles. The molecule has 0 aliphatic heterocycles. The molecule has 20 heavy (non-hydrogen) atoms. The number of hydrogen-bond acceptors (Lipinski definition) is 2. The Kier molecular flexibility index (Phi) is 7.08. The Morgan fingerprint density at radius 2 is 1.85 bits per heavy atom. The summed E-state index contributed by atoms with van der Waals surface area (Å²) in [6, 6.07) is 6.69. The van der Waals surface area contributed by atoms with Gasteiger partial charge in [0.15, 0.2) is 0 Å². The van der Waals surface area contributed by atoms with E-state index in [1.54, 1.807) is 0 Å². The highest BCUT2D eigenvalue weighted by Gasteiger charge is 2.16. The van der Waals surface area contributed by atoms with Crippen LogP contribution >= 0.6 is 0 Å². The van der Waals surface area contributed by atoms with Crippen molar-refractivity contribution in [2.75, 3.05) is 13.2 Å². The van der Waals surface area contributed by atoms with Crippen LogP contribution in [0.4, 0.5) is 0 Å². The van der Waals surface area contributed by atoms with Crippen LogP contribution in [0.25, 0.3) is 0 Å². The SMILES string of the molecule is CCCOc1ccc(C(C)C(C)CCN)cc1C(C)C. The molecule has 0 bridgehead atoms. The Morgan fingerprint density at radius 3 is 2.40 bits per heavy atom. The highest BCUT2D eigenvalue weighted by molar-refractivity contribution is 5.40. The first-order valence-electron chi connectivity index (χ1n) is 7.97. The summed E-state index contributed by atoms with van der Waals surface area (Å²) < 4.78 is 5.87. The number of benzene rings is 1. The molecule has 0 aliphatic carbocycles. The zero-order valence-corrected chi connectivity index (χ0v) is 13.8. The van der Waals surface area contributed by atoms with Gasteiger partial charge in [0, 0.05) is 0 Å². The fourth-order valence-corrected chi connectivity index (χ4v) is 2.49. The lowest BCUT2D eigenvalue weighted by molar-refractivity contribution is 0.312. The molecule has 0 fully saturated rings. The molecule has 0 aliphatic rings. The largest absolute Gasteiger partial charge is 0.493 e. The number of ether oxygens (including phenoxy) is 1. The van der Waals surface area contributed by atoms with Crippen LogP contribution in [0.5, 0.6) is 5.75 Å². The topological polar surface area (TPSA) is 35.2 Å². The maximum atomic E-state index is 5.87. The smallest absolute Gasteiger partial charge is 0.122 e. The van der Waals surface area contributed by atoms with E-state index in [0.717, 1.165) is 31.7 Å². The lowest BCUT2D eigenvalue weighted by Gasteiger charge is -2.22. The molecular formula is C18H31NO. The second-order valence-corrected chi connectivity index (χ2v) is 6.14. The monoisotopic (exact) mass is 277 g/mol. The maximum absolute atomic E-state index is 5.87. The second-order valence-electron chi connectivity index (χ2n) is 6.14. The number of nitrogens with two attached hydrogens (primary N) is 1. The van der Waals surface area contributed by atoms with Crippen molar-refractivity contribution in [1.29, 1.82) is 0 Å². The number of hydrogen-bond donors (Lipinski definition) is 1. The minimum Gasteiger partial charge on any atom is -0.493 e. The van der Waals surface area contributed by atoms with Gasteiger partial charge in [-0.1, -0.05) is 46.8 Å². The highest BCUT2D eigenvalue weighted by atomic mass is 16.5. The van der Waals surface area contributed by atoms with E-state index in [1.165, 1.54) is 11.1 Å². The van der Waals surface area contributed by atoms with Gasteiger partial charge in [0.1, 0.15) is 5.75 Å². The lowest BCUT2D eigenvalue weighted by atomic mass is 9.85. The standard InChI is InChI=1S/C18H31NO/c1-6-11-20-18-8-7-16(12-17(18)13(2)3)15(5)14(4)9-10-19/h7-8,12-15H,6,9-11,19H2,1-5H3. The van der Waals surface area contributed by atoms with Crippen LogP contribution in [0.1, 0.15) is 70.4 Å². The maximum Gasteiger partial charge on any atom is 0.122 e. The van der Waals surface area contributed by atoms with Crippen molar-refractivity contribution in [3.63, 3.8) is 0 Å². The van der Waals surface area contributed by atoms with Gasteiger partial charge in [0.25, 0.3) is 0 Å². The molecule has 2 heteroatoms. The van der Waals surface area contributed by atoms with Crippen LogP contribution in [0.15, 0.2) is 18.2 Å². The van der Waals surface area contributed by atoms with E-state index in [0.29, 0.717) is 17.8 Å². The van der Waals surface area contributed by atoms with Gasteiger partial charge in [-0.2, -0.15) is 0 Å². The average molecular weight is 277 g/mol. The second kappa shape index (κ2) is 8.31. The first-order chi connectivity index (χ1) is 9.51. The van der Waals surface area contributed by atoms with Crippen molar-refractivity contribution >= 4 is 0 Å². The minimum absolute atomic E-state index is 0.485. The van der Waals surface area contributed by atoms with Crippen molar-refractivity contribution in [2.24, 2.45) is 11.7 Å². The first kappa shape index (κ1) is 17.0. The van der Waals surface area contributed by atoms with Crippen molar-refractivity contribution in [3.05, 3.63) is 29.3 Å². The van der Waals surface area contributed by atoms with Gasteiger partial charge >= 0.3 is 0 Å². The van der Waals surface area contributed by atoms with Crippen LogP contribution in [-0.4, -0.2) is 13.2 Å². The Bertz CT molecular complexity index is 400. The molecule has 0 radical (unpaired) electrons. The third-order valence-corrected chi connectivity index (χ3v) is 4.12. The normalized spacial score (nSPS) is 14.3. The van der Waals surface area contributed by atoms with Crippen LogP contribution in [0.3, 0.4) is 0 Å². The molecule has 0 amide bonds. The average Bonchev–Trinajstić information content (AvgIpc) is 2.44. The van der Waals surface area contributed by atoms with Crippen molar-refractivity contribution in [2.45, 2.75) is 59.3 Å². The summed E-state index contributed by atoms with van der Waals surface area (Å²) in [5, 5.41) is 0. The Labute approximate surface area is 124 Å².